The van der Waals surface area contributed by atoms with Crippen molar-refractivity contribution in [2.45, 2.75) is 24.9 Å². The highest BCUT2D eigenvalue weighted by molar-refractivity contribution is 6.02. The number of hydrogen-bond donors (Lipinski definition) is 1. The molecule has 0 spiro atoms. The number of hydrogen-bond acceptors (Lipinski definition) is 7. The number of non-ortho nitro benzene ring substituents is 1. The molecule has 3 aromatic carbocycles. The van der Waals surface area contributed by atoms with E-state index >= 15 is 0 Å². The van der Waals surface area contributed by atoms with E-state index in [-0.39, 0.29) is 24.0 Å². The summed E-state index contributed by atoms with van der Waals surface area (Å²) in [6, 6.07) is 16.2. The van der Waals surface area contributed by atoms with Crippen LogP contribution in [0.4, 0.5) is 10.1 Å². The molecule has 4 unspecified atom stereocenters. The van der Waals surface area contributed by atoms with E-state index in [2.05, 4.69) is 5.32 Å². The molecule has 43 heavy (non-hydrogen) atoms. The molecule has 0 radical (unpaired) electrons. The summed E-state index contributed by atoms with van der Waals surface area (Å²) in [5.74, 6) is -3.64. The number of Topliss-reactive ketones (excluding diaryl/α,β-unsaturated/α-hetero) is 1. The van der Waals surface area contributed by atoms with E-state index in [9.17, 15) is 28.9 Å². The lowest BCUT2D eigenvalue weighted by molar-refractivity contribution is -0.385. The first-order valence-electron chi connectivity index (χ1n) is 14.1. The highest BCUT2D eigenvalue weighted by Gasteiger charge is 2.58. The number of nitrogens with one attached hydrogen (secondary N) is 1. The number of nitrogens with zero attached hydrogens (tertiary/aromatic N) is 3. The summed E-state index contributed by atoms with van der Waals surface area (Å²) in [6.07, 6.45) is 0. The molecule has 3 aromatic rings. The number of carbonyl (C=O) groups excluding carboxylic acids is 3. The van der Waals surface area contributed by atoms with Crippen LogP contribution in [0.2, 0.25) is 0 Å². The molecule has 0 aromatic heterocycles. The number of likely N-dealkylation sites (tertiary alicyclic amines) is 1. The molecule has 1 N–H and O–H groups in total. The highest BCUT2D eigenvalue weighted by atomic mass is 19.1. The van der Waals surface area contributed by atoms with Crippen LogP contribution in [-0.2, 0) is 14.3 Å². The first-order valence-corrected chi connectivity index (χ1v) is 14.1. The van der Waals surface area contributed by atoms with Gasteiger partial charge in [-0.25, -0.2) is 4.39 Å². The van der Waals surface area contributed by atoms with Crippen LogP contribution in [0.3, 0.4) is 0 Å². The van der Waals surface area contributed by atoms with Gasteiger partial charge in [0.2, 0.25) is 11.8 Å². The van der Waals surface area contributed by atoms with Gasteiger partial charge in [0, 0.05) is 56.9 Å². The van der Waals surface area contributed by atoms with Gasteiger partial charge in [0.25, 0.3) is 5.69 Å². The Kier molecular flexibility index (Phi) is 8.93. The number of benzene rings is 3. The molecule has 2 amide bonds. The minimum absolute atomic E-state index is 0.214. The van der Waals surface area contributed by atoms with Crippen molar-refractivity contribution < 1.29 is 28.4 Å². The van der Waals surface area contributed by atoms with Crippen molar-refractivity contribution in [1.29, 1.82) is 0 Å². The number of halogens is 1. The molecule has 0 saturated carbocycles. The van der Waals surface area contributed by atoms with E-state index < -0.39 is 40.6 Å². The minimum atomic E-state index is -1.16. The van der Waals surface area contributed by atoms with Gasteiger partial charge in [0.15, 0.2) is 5.78 Å². The third kappa shape index (κ3) is 6.04. The summed E-state index contributed by atoms with van der Waals surface area (Å²) in [4.78, 5) is 57.3. The molecule has 2 fully saturated rings. The lowest BCUT2D eigenvalue weighted by Crippen LogP contribution is -2.55. The molecule has 2 aliphatic rings. The molecule has 2 saturated heterocycles. The normalized spacial score (nSPS) is 21.9. The SMILES string of the molecule is COCC(=O)N1C(C(=O)N2CCNCC2)C(c2ccc(F)cc2)C(C(=O)c2cccc(C)c2)C1c1cccc([N+](=O)[O-])c1. The summed E-state index contributed by atoms with van der Waals surface area (Å²) in [7, 11) is 1.36. The molecule has 224 valence electrons. The number of aryl methyl sites for hydroxylation is 1. The van der Waals surface area contributed by atoms with Gasteiger partial charge in [-0.3, -0.25) is 24.5 Å². The lowest BCUT2D eigenvalue weighted by Gasteiger charge is -2.36. The third-order valence-electron chi connectivity index (χ3n) is 8.19. The van der Waals surface area contributed by atoms with Crippen LogP contribution in [0.15, 0.2) is 72.8 Å². The van der Waals surface area contributed by atoms with Crippen molar-refractivity contribution in [3.05, 3.63) is 111 Å². The minimum Gasteiger partial charge on any atom is -0.375 e. The Bertz CT molecular complexity index is 1520. The summed E-state index contributed by atoms with van der Waals surface area (Å²) in [5, 5.41) is 15.0. The number of rotatable bonds is 8. The van der Waals surface area contributed by atoms with Crippen LogP contribution >= 0.6 is 0 Å². The highest BCUT2D eigenvalue weighted by Crippen LogP contribution is 2.52. The van der Waals surface area contributed by atoms with E-state index in [1.54, 1.807) is 29.2 Å². The zero-order valence-electron chi connectivity index (χ0n) is 23.9. The van der Waals surface area contributed by atoms with Gasteiger partial charge < -0.3 is 19.9 Å². The number of amides is 2. The molecule has 4 atom stereocenters. The summed E-state index contributed by atoms with van der Waals surface area (Å²) in [5.41, 5.74) is 1.85. The van der Waals surface area contributed by atoms with E-state index in [1.807, 2.05) is 13.0 Å². The van der Waals surface area contributed by atoms with Gasteiger partial charge in [0.1, 0.15) is 18.5 Å². The van der Waals surface area contributed by atoms with Crippen LogP contribution < -0.4 is 5.32 Å². The average molecular weight is 589 g/mol. The number of carbonyl (C=O) groups is 3. The molecule has 0 bridgehead atoms. The Labute approximate surface area is 248 Å². The first kappa shape index (κ1) is 30.0. The average Bonchev–Trinajstić information content (AvgIpc) is 3.37. The second-order valence-electron chi connectivity index (χ2n) is 10.9. The maximum absolute atomic E-state index is 14.6. The largest absolute Gasteiger partial charge is 0.375 e. The van der Waals surface area contributed by atoms with Crippen molar-refractivity contribution in [2.75, 3.05) is 39.9 Å². The van der Waals surface area contributed by atoms with E-state index in [0.717, 1.165) is 5.56 Å². The van der Waals surface area contributed by atoms with Gasteiger partial charge in [-0.1, -0.05) is 48.0 Å². The Balaban J connectivity index is 1.78. The van der Waals surface area contributed by atoms with Crippen LogP contribution in [0.5, 0.6) is 0 Å². The second-order valence-corrected chi connectivity index (χ2v) is 10.9. The molecule has 0 aliphatic carbocycles. The number of methoxy groups -OCH3 is 1. The fourth-order valence-corrected chi connectivity index (χ4v) is 6.33. The Hall–Kier alpha value is -4.48. The van der Waals surface area contributed by atoms with Gasteiger partial charge in [-0.2, -0.15) is 0 Å². The topological polar surface area (TPSA) is 122 Å². The van der Waals surface area contributed by atoms with Crippen molar-refractivity contribution in [1.82, 2.24) is 15.1 Å². The summed E-state index contributed by atoms with van der Waals surface area (Å²) < 4.78 is 19.4. The number of ether oxygens (including phenoxy) is 1. The second kappa shape index (κ2) is 12.8. The van der Waals surface area contributed by atoms with Crippen molar-refractivity contribution >= 4 is 23.3 Å². The van der Waals surface area contributed by atoms with Crippen molar-refractivity contribution in [2.24, 2.45) is 5.92 Å². The fraction of sp³-hybridized carbons (Fsp3) is 0.344. The van der Waals surface area contributed by atoms with E-state index in [0.29, 0.717) is 42.9 Å². The van der Waals surface area contributed by atoms with Crippen LogP contribution in [0, 0.1) is 28.8 Å². The molecular weight excluding hydrogens is 555 g/mol. The number of piperazine rings is 1. The monoisotopic (exact) mass is 588 g/mol. The molecule has 2 aliphatic heterocycles. The predicted molar refractivity (Wildman–Crippen MR) is 156 cm³/mol. The van der Waals surface area contributed by atoms with Gasteiger partial charge in [-0.15, -0.1) is 0 Å². The molecule has 2 heterocycles. The summed E-state index contributed by atoms with van der Waals surface area (Å²) in [6.45, 7) is 3.40. The first-order chi connectivity index (χ1) is 20.7. The summed E-state index contributed by atoms with van der Waals surface area (Å²) >= 11 is 0. The maximum atomic E-state index is 14.6. The number of nitro benzene ring substituents is 1. The van der Waals surface area contributed by atoms with E-state index in [4.69, 9.17) is 4.74 Å². The molecular formula is C32H33FN4O6. The van der Waals surface area contributed by atoms with Crippen molar-refractivity contribution in [3.63, 3.8) is 0 Å². The standard InChI is InChI=1S/C32H33FN4O6/c1-20-5-3-7-23(17-20)31(39)28-27(21-9-11-24(33)12-10-21)30(32(40)35-15-13-34-14-16-35)36(26(38)19-43-2)29(28)22-6-4-8-25(18-22)37(41)42/h3-12,17-18,27-30,34H,13-16,19H2,1-2H3. The maximum Gasteiger partial charge on any atom is 0.269 e. The zero-order valence-corrected chi connectivity index (χ0v) is 23.9. The Morgan fingerprint density at radius 3 is 2.35 bits per heavy atom. The van der Waals surface area contributed by atoms with Crippen LogP contribution in [0.25, 0.3) is 0 Å². The smallest absolute Gasteiger partial charge is 0.269 e. The van der Waals surface area contributed by atoms with Gasteiger partial charge in [-0.05, 0) is 36.2 Å². The molecule has 10 nitrogen and oxygen atoms in total. The van der Waals surface area contributed by atoms with Crippen molar-refractivity contribution in [3.8, 4) is 0 Å². The number of ketones is 1. The lowest BCUT2D eigenvalue weighted by atomic mass is 9.75. The predicted octanol–water partition coefficient (Wildman–Crippen LogP) is 3.66. The van der Waals surface area contributed by atoms with Crippen LogP contribution in [-0.4, -0.2) is 78.3 Å². The fourth-order valence-electron chi connectivity index (χ4n) is 6.33. The van der Waals surface area contributed by atoms with E-state index in [1.165, 1.54) is 54.5 Å². The Morgan fingerprint density at radius 2 is 1.70 bits per heavy atom. The molecule has 5 rings (SSSR count). The zero-order chi connectivity index (χ0) is 30.7. The molecule has 11 heteroatoms. The van der Waals surface area contributed by atoms with Gasteiger partial charge in [0.05, 0.1) is 16.9 Å². The Morgan fingerprint density at radius 1 is 1.00 bits per heavy atom. The quantitative estimate of drug-likeness (QED) is 0.242. The van der Waals surface area contributed by atoms with Gasteiger partial charge >= 0.3 is 0 Å². The third-order valence-corrected chi connectivity index (χ3v) is 8.19. The number of nitro groups is 1. The van der Waals surface area contributed by atoms with Crippen LogP contribution in [0.1, 0.15) is 39.0 Å².